The van der Waals surface area contributed by atoms with E-state index in [1.165, 1.54) is 0 Å². The molecule has 2 heteroatoms. The third kappa shape index (κ3) is 58.2. The third-order valence-corrected chi connectivity index (χ3v) is 0. The molecule has 0 aromatic rings. The van der Waals surface area contributed by atoms with E-state index < -0.39 is 0 Å². The van der Waals surface area contributed by atoms with E-state index in [4.69, 9.17) is 0 Å². The Morgan fingerprint density at radius 3 is 1.80 bits per heavy atom. The number of hydrogen-bond acceptors (Lipinski definition) is 0. The van der Waals surface area contributed by atoms with Crippen LogP contribution in [0.1, 0.15) is 9.78 Å². The van der Waals surface area contributed by atoms with Crippen molar-refractivity contribution in [3.05, 3.63) is 0 Å². The van der Waals surface area contributed by atoms with Crippen molar-refractivity contribution in [1.82, 2.24) is 0 Å². The summed E-state index contributed by atoms with van der Waals surface area (Å²) < 4.78 is 0. The molecule has 0 radical (unpaired) electrons. The van der Waals surface area contributed by atoms with Crippen molar-refractivity contribution in [3.63, 3.8) is 0 Å². The maximum atomic E-state index is 4.60. The Hall–Kier alpha value is 0.806. The van der Waals surface area contributed by atoms with Crippen molar-refractivity contribution in [1.29, 1.82) is 0 Å². The first-order valence-electron chi connectivity index (χ1n) is 0.789. The number of rotatable bonds is 0. The average Bonchev–Trinajstić information content (AvgIpc) is 0.918. The van der Waals surface area contributed by atoms with E-state index in [0.717, 1.165) is 0 Å². The van der Waals surface area contributed by atoms with Gasteiger partial charge in [0, 0.05) is 0 Å². The van der Waals surface area contributed by atoms with Crippen molar-refractivity contribution < 1.29 is 2.85 Å². The second-order valence-electron chi connectivity index (χ2n) is 0.289. The summed E-state index contributed by atoms with van der Waals surface area (Å²) in [6, 6.07) is 0. The van der Waals surface area contributed by atoms with Gasteiger partial charge in [0.25, 0.3) is 0 Å². The first-order valence-corrected chi connectivity index (χ1v) is 0.789. The van der Waals surface area contributed by atoms with Gasteiger partial charge in [-0.1, -0.05) is 0 Å². The van der Waals surface area contributed by atoms with E-state index >= 15 is 0 Å². The van der Waals surface area contributed by atoms with Gasteiger partial charge in [0.05, 0.1) is 0 Å². The van der Waals surface area contributed by atoms with E-state index in [1.807, 2.05) is 0 Å². The van der Waals surface area contributed by atoms with Crippen LogP contribution in [0.15, 0.2) is 0 Å². The standard InChI is InChI=1S/C3H4.BrH.Mg.2H/c1-3-2;;;;/h1H,2H3;1H;;;/q;;+2;2*-1. The van der Waals surface area contributed by atoms with E-state index in [-0.39, 0.29) is 42.9 Å². The fraction of sp³-hybridized carbons (Fsp3) is 0.333. The van der Waals surface area contributed by atoms with E-state index in [9.17, 15) is 0 Å². The van der Waals surface area contributed by atoms with Crippen LogP contribution < -0.4 is 0 Å². The molecule has 0 N–H and O–H groups in total. The minimum atomic E-state index is 0. The molecule has 0 aromatic heterocycles. The Morgan fingerprint density at radius 2 is 1.80 bits per heavy atom. The predicted octanol–water partition coefficient (Wildman–Crippen LogP) is 1.06. The third-order valence-electron chi connectivity index (χ3n) is 0. The SMILES string of the molecule is Br.C#CC.[H-].[H-].[Mg+2]. The Morgan fingerprint density at radius 1 is 1.80 bits per heavy atom. The largest absolute Gasteiger partial charge is 2.00 e. The average molecular weight is 147 g/mol. The monoisotopic (exact) mass is 146 g/mol. The van der Waals surface area contributed by atoms with Crippen LogP contribution in [0.2, 0.25) is 0 Å². The van der Waals surface area contributed by atoms with Gasteiger partial charge < -0.3 is 2.85 Å². The number of halogens is 1. The molecular formula is C3H7BrMg. The van der Waals surface area contributed by atoms with Gasteiger partial charge in [-0.3, -0.25) is 0 Å². The summed E-state index contributed by atoms with van der Waals surface area (Å²) in [5, 5.41) is 0. The van der Waals surface area contributed by atoms with Crippen LogP contribution in [0.3, 0.4) is 0 Å². The Balaban J connectivity index is -0.00000000333. The van der Waals surface area contributed by atoms with Gasteiger partial charge in [0.1, 0.15) is 0 Å². The van der Waals surface area contributed by atoms with Gasteiger partial charge in [0.2, 0.25) is 0 Å². The fourth-order valence-corrected chi connectivity index (χ4v) is 0. The van der Waals surface area contributed by atoms with Crippen LogP contribution in [0.4, 0.5) is 0 Å². The number of terminal acetylenes is 1. The topological polar surface area (TPSA) is 0 Å². The van der Waals surface area contributed by atoms with Gasteiger partial charge in [-0.25, -0.2) is 0 Å². The van der Waals surface area contributed by atoms with E-state index in [1.54, 1.807) is 6.92 Å². The molecule has 0 rings (SSSR count). The molecule has 0 bridgehead atoms. The molecule has 0 fully saturated rings. The molecule has 5 heavy (non-hydrogen) atoms. The smallest absolute Gasteiger partial charge is 1.00 e. The fourth-order valence-electron chi connectivity index (χ4n) is 0. The van der Waals surface area contributed by atoms with E-state index in [2.05, 4.69) is 12.3 Å². The normalized spacial score (nSPS) is 1.60. The molecule has 28 valence electrons. The van der Waals surface area contributed by atoms with Gasteiger partial charge in [-0.15, -0.1) is 29.3 Å². The zero-order valence-electron chi connectivity index (χ0n) is 5.19. The van der Waals surface area contributed by atoms with Crippen molar-refractivity contribution in [2.45, 2.75) is 6.92 Å². The molecule has 0 saturated carbocycles. The van der Waals surface area contributed by atoms with Crippen LogP contribution in [-0.4, -0.2) is 23.1 Å². The van der Waals surface area contributed by atoms with Crippen molar-refractivity contribution >= 4 is 40.0 Å². The van der Waals surface area contributed by atoms with Crippen molar-refractivity contribution in [2.24, 2.45) is 0 Å². The van der Waals surface area contributed by atoms with Crippen LogP contribution in [-0.2, 0) is 0 Å². The Kier molecular flexibility index (Phi) is 72.7. The summed E-state index contributed by atoms with van der Waals surface area (Å²) in [6.07, 6.45) is 4.60. The molecule has 0 aliphatic heterocycles. The zero-order chi connectivity index (χ0) is 2.71. The minimum absolute atomic E-state index is 0. The quantitative estimate of drug-likeness (QED) is 0.355. The summed E-state index contributed by atoms with van der Waals surface area (Å²) in [7, 11) is 0. The summed E-state index contributed by atoms with van der Waals surface area (Å²) in [4.78, 5) is 0. The van der Waals surface area contributed by atoms with Crippen molar-refractivity contribution in [3.8, 4) is 12.3 Å². The van der Waals surface area contributed by atoms with Gasteiger partial charge in [-0.05, 0) is 6.92 Å². The predicted molar refractivity (Wildman–Crippen MR) is 32.8 cm³/mol. The maximum Gasteiger partial charge on any atom is 2.00 e. The second kappa shape index (κ2) is 21.3. The molecular weight excluding hydrogens is 140 g/mol. The second-order valence-corrected chi connectivity index (χ2v) is 0.289. The summed E-state index contributed by atoms with van der Waals surface area (Å²) in [5.41, 5.74) is 0. The van der Waals surface area contributed by atoms with Gasteiger partial charge in [-0.2, -0.15) is 0 Å². The van der Waals surface area contributed by atoms with Crippen LogP contribution in [0.5, 0.6) is 0 Å². The molecule has 0 heterocycles. The van der Waals surface area contributed by atoms with Crippen molar-refractivity contribution in [2.75, 3.05) is 0 Å². The zero-order valence-corrected chi connectivity index (χ0v) is 6.32. The van der Waals surface area contributed by atoms with Crippen LogP contribution in [0, 0.1) is 12.3 Å². The first kappa shape index (κ1) is 17.0. The Labute approximate surface area is 62.2 Å². The molecule has 0 aliphatic carbocycles. The summed E-state index contributed by atoms with van der Waals surface area (Å²) in [5.74, 6) is 2.25. The van der Waals surface area contributed by atoms with Crippen LogP contribution in [0.25, 0.3) is 0 Å². The van der Waals surface area contributed by atoms with Crippen LogP contribution >= 0.6 is 17.0 Å². The molecule has 0 aromatic carbocycles. The molecule has 0 saturated heterocycles. The first-order chi connectivity index (χ1) is 1.41. The maximum absolute atomic E-state index is 4.60. The summed E-state index contributed by atoms with van der Waals surface area (Å²) >= 11 is 0. The molecule has 0 aliphatic rings. The van der Waals surface area contributed by atoms with Gasteiger partial charge >= 0.3 is 23.1 Å². The van der Waals surface area contributed by atoms with Gasteiger partial charge in [0.15, 0.2) is 0 Å². The van der Waals surface area contributed by atoms with E-state index in [0.29, 0.717) is 0 Å². The molecule has 0 spiro atoms. The molecule has 0 atom stereocenters. The molecule has 0 nitrogen and oxygen atoms in total. The molecule has 0 unspecified atom stereocenters. The summed E-state index contributed by atoms with van der Waals surface area (Å²) in [6.45, 7) is 1.65. The number of hydrogen-bond donors (Lipinski definition) is 0. The molecule has 0 amide bonds. The minimum Gasteiger partial charge on any atom is -1.00 e. The Bertz CT molecular complexity index is 34.4.